The van der Waals surface area contributed by atoms with Crippen LogP contribution >= 0.6 is 15.9 Å². The number of halogens is 1. The van der Waals surface area contributed by atoms with E-state index in [2.05, 4.69) is 38.7 Å². The highest BCUT2D eigenvalue weighted by atomic mass is 79.9. The monoisotopic (exact) mass is 326 g/mol. The van der Waals surface area contributed by atoms with Gasteiger partial charge >= 0.3 is 0 Å². The van der Waals surface area contributed by atoms with Crippen LogP contribution in [0.3, 0.4) is 0 Å². The van der Waals surface area contributed by atoms with E-state index in [-0.39, 0.29) is 5.91 Å². The van der Waals surface area contributed by atoms with Crippen LogP contribution in [0.4, 0.5) is 0 Å². The summed E-state index contributed by atoms with van der Waals surface area (Å²) in [7, 11) is 1.62. The zero-order valence-electron chi connectivity index (χ0n) is 11.0. The Labute approximate surface area is 122 Å². The van der Waals surface area contributed by atoms with Crippen LogP contribution in [0.2, 0.25) is 0 Å². The number of benzene rings is 1. The van der Waals surface area contributed by atoms with Crippen molar-refractivity contribution >= 4 is 21.8 Å². The first-order valence-electron chi connectivity index (χ1n) is 6.54. The van der Waals surface area contributed by atoms with Crippen molar-refractivity contribution in [2.45, 2.75) is 31.8 Å². The number of nitrogens with one attached hydrogen (secondary N) is 2. The number of carbonyl (C=O) groups is 1. The minimum atomic E-state index is -0.0126. The van der Waals surface area contributed by atoms with Crippen LogP contribution in [-0.2, 0) is 11.3 Å². The molecule has 2 N–H and O–H groups in total. The molecule has 1 aromatic carbocycles. The molecule has 1 saturated carbocycles. The summed E-state index contributed by atoms with van der Waals surface area (Å²) in [5.74, 6) is 0.764. The summed E-state index contributed by atoms with van der Waals surface area (Å²) in [6.07, 6.45) is 2.96. The lowest BCUT2D eigenvalue weighted by Gasteiger charge is -2.10. The van der Waals surface area contributed by atoms with Gasteiger partial charge in [-0.15, -0.1) is 0 Å². The molecular formula is C14H19BrN2O2. The number of carbonyl (C=O) groups excluding carboxylic acids is 1. The van der Waals surface area contributed by atoms with E-state index in [4.69, 9.17) is 4.74 Å². The molecule has 2 rings (SSSR count). The number of hydrogen-bond donors (Lipinski definition) is 2. The van der Waals surface area contributed by atoms with Crippen molar-refractivity contribution in [1.29, 1.82) is 0 Å². The van der Waals surface area contributed by atoms with Crippen molar-refractivity contribution in [2.24, 2.45) is 0 Å². The van der Waals surface area contributed by atoms with Crippen molar-refractivity contribution < 1.29 is 9.53 Å². The molecular weight excluding hydrogens is 308 g/mol. The van der Waals surface area contributed by atoms with Crippen LogP contribution in [-0.4, -0.2) is 25.6 Å². The molecule has 0 heterocycles. The zero-order valence-corrected chi connectivity index (χ0v) is 12.6. The van der Waals surface area contributed by atoms with Gasteiger partial charge in [-0.1, -0.05) is 6.07 Å². The second-order valence-electron chi connectivity index (χ2n) is 4.69. The van der Waals surface area contributed by atoms with Crippen molar-refractivity contribution in [1.82, 2.24) is 10.6 Å². The summed E-state index contributed by atoms with van der Waals surface area (Å²) in [6.45, 7) is 1.28. The maximum atomic E-state index is 11.1. The van der Waals surface area contributed by atoms with Crippen molar-refractivity contribution in [2.75, 3.05) is 13.7 Å². The summed E-state index contributed by atoms with van der Waals surface area (Å²) in [5, 5.41) is 6.04. The first-order valence-corrected chi connectivity index (χ1v) is 7.33. The summed E-state index contributed by atoms with van der Waals surface area (Å²) in [6, 6.07) is 6.76. The van der Waals surface area contributed by atoms with Gasteiger partial charge in [-0.2, -0.15) is 0 Å². The van der Waals surface area contributed by atoms with Gasteiger partial charge in [0.1, 0.15) is 5.75 Å². The molecule has 0 aromatic heterocycles. The van der Waals surface area contributed by atoms with Gasteiger partial charge in [0.15, 0.2) is 0 Å². The third-order valence-electron chi connectivity index (χ3n) is 3.03. The summed E-state index contributed by atoms with van der Waals surface area (Å²) < 4.78 is 6.50. The minimum Gasteiger partial charge on any atom is -0.492 e. The third-order valence-corrected chi connectivity index (χ3v) is 3.65. The van der Waals surface area contributed by atoms with Gasteiger partial charge in [0.05, 0.1) is 17.5 Å². The normalized spacial score (nSPS) is 14.2. The standard InChI is InChI=1S/C14H19BrN2O2/c1-16-14(18)6-7-19-13-5-2-10(8-12(13)15)9-17-11-3-4-11/h2,5,8,11,17H,3-4,6-7,9H2,1H3,(H,16,18). The summed E-state index contributed by atoms with van der Waals surface area (Å²) in [4.78, 5) is 11.1. The Balaban J connectivity index is 1.81. The van der Waals surface area contributed by atoms with Crippen LogP contribution in [0.5, 0.6) is 5.75 Å². The predicted molar refractivity (Wildman–Crippen MR) is 78.2 cm³/mol. The fraction of sp³-hybridized carbons (Fsp3) is 0.500. The van der Waals surface area contributed by atoms with E-state index >= 15 is 0 Å². The average molecular weight is 327 g/mol. The highest BCUT2D eigenvalue weighted by Gasteiger charge is 2.19. The van der Waals surface area contributed by atoms with Gasteiger partial charge < -0.3 is 15.4 Å². The van der Waals surface area contributed by atoms with E-state index in [1.54, 1.807) is 7.05 Å². The first kappa shape index (κ1) is 14.3. The Bertz CT molecular complexity index is 447. The molecule has 1 fully saturated rings. The second kappa shape index (κ2) is 6.91. The Kier molecular flexibility index (Phi) is 5.22. The molecule has 0 aliphatic heterocycles. The molecule has 0 saturated heterocycles. The Morgan fingerprint density at radius 3 is 2.89 bits per heavy atom. The molecule has 104 valence electrons. The summed E-state index contributed by atoms with van der Waals surface area (Å²) >= 11 is 3.50. The topological polar surface area (TPSA) is 50.4 Å². The SMILES string of the molecule is CNC(=O)CCOc1ccc(CNC2CC2)cc1Br. The molecule has 19 heavy (non-hydrogen) atoms. The van der Waals surface area contributed by atoms with Gasteiger partial charge in [0.2, 0.25) is 5.91 Å². The van der Waals surface area contributed by atoms with Crippen molar-refractivity contribution in [3.63, 3.8) is 0 Å². The molecule has 0 bridgehead atoms. The highest BCUT2D eigenvalue weighted by molar-refractivity contribution is 9.10. The van der Waals surface area contributed by atoms with E-state index < -0.39 is 0 Å². The van der Waals surface area contributed by atoms with Crippen LogP contribution < -0.4 is 15.4 Å². The second-order valence-corrected chi connectivity index (χ2v) is 5.55. The van der Waals surface area contributed by atoms with Crippen LogP contribution in [0, 0.1) is 0 Å². The molecule has 1 aromatic rings. The Morgan fingerprint density at radius 1 is 1.47 bits per heavy atom. The van der Waals surface area contributed by atoms with E-state index in [0.29, 0.717) is 19.1 Å². The number of ether oxygens (including phenoxy) is 1. The van der Waals surface area contributed by atoms with Crippen LogP contribution in [0.1, 0.15) is 24.8 Å². The number of rotatable bonds is 7. The molecule has 0 unspecified atom stereocenters. The third kappa shape index (κ3) is 4.84. The Hall–Kier alpha value is -1.07. The maximum Gasteiger partial charge on any atom is 0.223 e. The minimum absolute atomic E-state index is 0.0126. The lowest BCUT2D eigenvalue weighted by Crippen LogP contribution is -2.20. The van der Waals surface area contributed by atoms with E-state index in [0.717, 1.165) is 16.8 Å². The first-order chi connectivity index (χ1) is 9.19. The molecule has 0 radical (unpaired) electrons. The number of hydrogen-bond acceptors (Lipinski definition) is 3. The molecule has 1 aliphatic rings. The van der Waals surface area contributed by atoms with E-state index in [9.17, 15) is 4.79 Å². The largest absolute Gasteiger partial charge is 0.492 e. The Morgan fingerprint density at radius 2 is 2.26 bits per heavy atom. The van der Waals surface area contributed by atoms with Crippen molar-refractivity contribution in [3.05, 3.63) is 28.2 Å². The lowest BCUT2D eigenvalue weighted by atomic mass is 10.2. The fourth-order valence-electron chi connectivity index (χ4n) is 1.70. The summed E-state index contributed by atoms with van der Waals surface area (Å²) in [5.41, 5.74) is 1.23. The smallest absolute Gasteiger partial charge is 0.223 e. The van der Waals surface area contributed by atoms with E-state index in [1.165, 1.54) is 18.4 Å². The van der Waals surface area contributed by atoms with Crippen LogP contribution in [0.15, 0.2) is 22.7 Å². The van der Waals surface area contributed by atoms with Gasteiger partial charge in [-0.05, 0) is 46.5 Å². The van der Waals surface area contributed by atoms with E-state index in [1.807, 2.05) is 6.07 Å². The van der Waals surface area contributed by atoms with Gasteiger partial charge in [0.25, 0.3) is 0 Å². The zero-order chi connectivity index (χ0) is 13.7. The van der Waals surface area contributed by atoms with Gasteiger partial charge in [-0.25, -0.2) is 0 Å². The quantitative estimate of drug-likeness (QED) is 0.807. The molecule has 5 heteroatoms. The van der Waals surface area contributed by atoms with Crippen molar-refractivity contribution in [3.8, 4) is 5.75 Å². The molecule has 1 amide bonds. The molecule has 4 nitrogen and oxygen atoms in total. The highest BCUT2D eigenvalue weighted by Crippen LogP contribution is 2.27. The number of amides is 1. The van der Waals surface area contributed by atoms with Gasteiger partial charge in [0, 0.05) is 19.6 Å². The molecule has 1 aliphatic carbocycles. The van der Waals surface area contributed by atoms with Gasteiger partial charge in [-0.3, -0.25) is 4.79 Å². The average Bonchev–Trinajstić information content (AvgIpc) is 3.22. The molecule has 0 spiro atoms. The van der Waals surface area contributed by atoms with Crippen LogP contribution in [0.25, 0.3) is 0 Å². The molecule has 0 atom stereocenters. The fourth-order valence-corrected chi connectivity index (χ4v) is 2.24. The predicted octanol–water partition coefficient (Wildman–Crippen LogP) is 2.22. The maximum absolute atomic E-state index is 11.1. The lowest BCUT2D eigenvalue weighted by molar-refractivity contribution is -0.121.